The Morgan fingerprint density at radius 1 is 1.00 bits per heavy atom. The van der Waals surface area contributed by atoms with Crippen LogP contribution < -0.4 is 14.8 Å². The molecule has 0 aliphatic rings. The highest BCUT2D eigenvalue weighted by molar-refractivity contribution is 5.94. The van der Waals surface area contributed by atoms with Crippen LogP contribution in [0.5, 0.6) is 11.5 Å². The smallest absolute Gasteiger partial charge is 0.310 e. The van der Waals surface area contributed by atoms with Crippen molar-refractivity contribution in [1.82, 2.24) is 0 Å². The molecule has 0 unspecified atom stereocenters. The summed E-state index contributed by atoms with van der Waals surface area (Å²) in [6.45, 7) is 1.98. The SMILES string of the molecule is C[C@H](Oc1ccccc1[N+](=O)[O-])C(=O)Nc1ccc(OCc2ccccc2)cc1. The van der Waals surface area contributed by atoms with Gasteiger partial charge in [-0.2, -0.15) is 0 Å². The van der Waals surface area contributed by atoms with Crippen LogP contribution in [-0.2, 0) is 11.4 Å². The molecule has 3 aromatic rings. The summed E-state index contributed by atoms with van der Waals surface area (Å²) >= 11 is 0. The van der Waals surface area contributed by atoms with E-state index in [2.05, 4.69) is 5.32 Å². The maximum atomic E-state index is 12.4. The molecule has 29 heavy (non-hydrogen) atoms. The molecule has 0 aliphatic heterocycles. The molecule has 0 aromatic heterocycles. The van der Waals surface area contributed by atoms with Crippen molar-refractivity contribution >= 4 is 17.3 Å². The first kappa shape index (κ1) is 19.9. The summed E-state index contributed by atoms with van der Waals surface area (Å²) in [7, 11) is 0. The molecule has 0 heterocycles. The molecule has 0 aliphatic carbocycles. The van der Waals surface area contributed by atoms with E-state index < -0.39 is 16.9 Å². The van der Waals surface area contributed by atoms with Crippen LogP contribution in [0.2, 0.25) is 0 Å². The number of amides is 1. The van der Waals surface area contributed by atoms with E-state index >= 15 is 0 Å². The molecule has 3 aromatic carbocycles. The van der Waals surface area contributed by atoms with E-state index in [-0.39, 0.29) is 11.4 Å². The number of ether oxygens (including phenoxy) is 2. The summed E-state index contributed by atoms with van der Waals surface area (Å²) in [5.74, 6) is 0.307. The summed E-state index contributed by atoms with van der Waals surface area (Å²) in [6, 6.07) is 22.7. The van der Waals surface area contributed by atoms with Crippen LogP contribution >= 0.6 is 0 Å². The lowest BCUT2D eigenvalue weighted by Gasteiger charge is -2.15. The third-order valence-corrected chi connectivity index (χ3v) is 4.11. The summed E-state index contributed by atoms with van der Waals surface area (Å²) in [6.07, 6.45) is -0.912. The number of para-hydroxylation sites is 2. The predicted octanol–water partition coefficient (Wildman–Crippen LogP) is 4.58. The quantitative estimate of drug-likeness (QED) is 0.448. The van der Waals surface area contributed by atoms with Gasteiger partial charge in [0.2, 0.25) is 0 Å². The minimum absolute atomic E-state index is 0.0461. The minimum atomic E-state index is -0.912. The fourth-order valence-corrected chi connectivity index (χ4v) is 2.57. The first-order valence-electron chi connectivity index (χ1n) is 9.00. The summed E-state index contributed by atoms with van der Waals surface area (Å²) < 4.78 is 11.2. The summed E-state index contributed by atoms with van der Waals surface area (Å²) in [4.78, 5) is 22.9. The second-order valence-electron chi connectivity index (χ2n) is 6.27. The molecular weight excluding hydrogens is 372 g/mol. The van der Waals surface area contributed by atoms with Gasteiger partial charge in [0.25, 0.3) is 5.91 Å². The van der Waals surface area contributed by atoms with Gasteiger partial charge in [-0.15, -0.1) is 0 Å². The molecule has 1 atom stereocenters. The van der Waals surface area contributed by atoms with E-state index in [9.17, 15) is 14.9 Å². The maximum absolute atomic E-state index is 12.4. The van der Waals surface area contributed by atoms with Gasteiger partial charge in [-0.05, 0) is 42.8 Å². The van der Waals surface area contributed by atoms with Gasteiger partial charge in [0.1, 0.15) is 12.4 Å². The second kappa shape index (κ2) is 9.36. The fourth-order valence-electron chi connectivity index (χ4n) is 2.57. The molecule has 0 fully saturated rings. The minimum Gasteiger partial charge on any atom is -0.489 e. The number of nitro benzene ring substituents is 1. The fraction of sp³-hybridized carbons (Fsp3) is 0.136. The normalized spacial score (nSPS) is 11.3. The standard InChI is InChI=1S/C22H20N2O5/c1-16(29-21-10-6-5-9-20(21)24(26)27)22(25)23-18-11-13-19(14-12-18)28-15-17-7-3-2-4-8-17/h2-14,16H,15H2,1H3,(H,23,25)/t16-/m0/s1. The number of benzene rings is 3. The van der Waals surface area contributed by atoms with Crippen LogP contribution in [0.15, 0.2) is 78.9 Å². The third-order valence-electron chi connectivity index (χ3n) is 4.11. The van der Waals surface area contributed by atoms with Crippen LogP contribution in [0.4, 0.5) is 11.4 Å². The number of nitro groups is 1. The van der Waals surface area contributed by atoms with Crippen LogP contribution in [0.1, 0.15) is 12.5 Å². The van der Waals surface area contributed by atoms with Crippen molar-refractivity contribution in [2.45, 2.75) is 19.6 Å². The number of carbonyl (C=O) groups is 1. The van der Waals surface area contributed by atoms with Crippen LogP contribution in [0.3, 0.4) is 0 Å². The van der Waals surface area contributed by atoms with Gasteiger partial charge in [-0.25, -0.2) is 0 Å². The monoisotopic (exact) mass is 392 g/mol. The van der Waals surface area contributed by atoms with Gasteiger partial charge in [-0.1, -0.05) is 42.5 Å². The van der Waals surface area contributed by atoms with Crippen molar-refractivity contribution in [3.63, 3.8) is 0 Å². The molecule has 3 rings (SSSR count). The van der Waals surface area contributed by atoms with Gasteiger partial charge in [-0.3, -0.25) is 14.9 Å². The van der Waals surface area contributed by atoms with Crippen molar-refractivity contribution in [3.8, 4) is 11.5 Å². The molecule has 7 heteroatoms. The Hall–Kier alpha value is -3.87. The zero-order chi connectivity index (χ0) is 20.6. The molecular formula is C22H20N2O5. The average Bonchev–Trinajstić information content (AvgIpc) is 2.74. The molecule has 0 radical (unpaired) electrons. The van der Waals surface area contributed by atoms with Gasteiger partial charge in [0.05, 0.1) is 4.92 Å². The zero-order valence-corrected chi connectivity index (χ0v) is 15.8. The van der Waals surface area contributed by atoms with Gasteiger partial charge >= 0.3 is 5.69 Å². The Labute approximate surface area is 168 Å². The van der Waals surface area contributed by atoms with E-state index in [1.165, 1.54) is 25.1 Å². The largest absolute Gasteiger partial charge is 0.489 e. The van der Waals surface area contributed by atoms with Crippen LogP contribution in [-0.4, -0.2) is 16.9 Å². The summed E-state index contributed by atoms with van der Waals surface area (Å²) in [5, 5.41) is 13.8. The molecule has 148 valence electrons. The Kier molecular flexibility index (Phi) is 6.42. The highest BCUT2D eigenvalue weighted by Gasteiger charge is 2.20. The molecule has 0 saturated carbocycles. The lowest BCUT2D eigenvalue weighted by Crippen LogP contribution is -2.30. The van der Waals surface area contributed by atoms with Gasteiger partial charge in [0, 0.05) is 11.8 Å². The van der Waals surface area contributed by atoms with E-state index in [0.717, 1.165) is 5.56 Å². The number of anilines is 1. The molecule has 0 spiro atoms. The van der Waals surface area contributed by atoms with E-state index in [1.54, 1.807) is 30.3 Å². The highest BCUT2D eigenvalue weighted by Crippen LogP contribution is 2.27. The highest BCUT2D eigenvalue weighted by atomic mass is 16.6. The summed E-state index contributed by atoms with van der Waals surface area (Å²) in [5.41, 5.74) is 1.44. The van der Waals surface area contributed by atoms with Gasteiger partial charge < -0.3 is 14.8 Å². The van der Waals surface area contributed by atoms with E-state index in [1.807, 2.05) is 30.3 Å². The number of nitrogens with one attached hydrogen (secondary N) is 1. The van der Waals surface area contributed by atoms with Crippen molar-refractivity contribution in [3.05, 3.63) is 94.5 Å². The van der Waals surface area contributed by atoms with Crippen molar-refractivity contribution in [1.29, 1.82) is 0 Å². The first-order valence-corrected chi connectivity index (χ1v) is 9.00. The van der Waals surface area contributed by atoms with Crippen LogP contribution in [0, 0.1) is 10.1 Å². The third kappa shape index (κ3) is 5.55. The second-order valence-corrected chi connectivity index (χ2v) is 6.27. The predicted molar refractivity (Wildman–Crippen MR) is 109 cm³/mol. The molecule has 0 saturated heterocycles. The van der Waals surface area contributed by atoms with Crippen molar-refractivity contribution in [2.75, 3.05) is 5.32 Å². The number of carbonyl (C=O) groups excluding carboxylic acids is 1. The van der Waals surface area contributed by atoms with E-state index in [4.69, 9.17) is 9.47 Å². The first-order chi connectivity index (χ1) is 14.0. The molecule has 1 amide bonds. The molecule has 0 bridgehead atoms. The van der Waals surface area contributed by atoms with Crippen molar-refractivity contribution < 1.29 is 19.2 Å². The number of nitrogens with zero attached hydrogens (tertiary/aromatic N) is 1. The Bertz CT molecular complexity index is 974. The topological polar surface area (TPSA) is 90.7 Å². The zero-order valence-electron chi connectivity index (χ0n) is 15.8. The Morgan fingerprint density at radius 3 is 2.34 bits per heavy atom. The van der Waals surface area contributed by atoms with Crippen molar-refractivity contribution in [2.24, 2.45) is 0 Å². The van der Waals surface area contributed by atoms with E-state index in [0.29, 0.717) is 18.0 Å². The maximum Gasteiger partial charge on any atom is 0.310 e. The lowest BCUT2D eigenvalue weighted by molar-refractivity contribution is -0.386. The van der Waals surface area contributed by atoms with Gasteiger partial charge in [0.15, 0.2) is 11.9 Å². The lowest BCUT2D eigenvalue weighted by atomic mass is 10.2. The molecule has 7 nitrogen and oxygen atoms in total. The average molecular weight is 392 g/mol. The Morgan fingerprint density at radius 2 is 1.66 bits per heavy atom. The molecule has 1 N–H and O–H groups in total. The number of hydrogen-bond donors (Lipinski definition) is 1. The number of hydrogen-bond acceptors (Lipinski definition) is 5. The van der Waals surface area contributed by atoms with Crippen LogP contribution in [0.25, 0.3) is 0 Å². The Balaban J connectivity index is 1.55. The number of rotatable bonds is 8.